The Labute approximate surface area is 170 Å². The van der Waals surface area contributed by atoms with E-state index in [2.05, 4.69) is 16.8 Å². The minimum absolute atomic E-state index is 0.0159. The number of rotatable bonds is 5. The van der Waals surface area contributed by atoms with Crippen LogP contribution < -0.4 is 4.90 Å². The predicted molar refractivity (Wildman–Crippen MR) is 108 cm³/mol. The first-order valence-electron chi connectivity index (χ1n) is 9.01. The van der Waals surface area contributed by atoms with Gasteiger partial charge in [0, 0.05) is 35.8 Å². The molecule has 1 aromatic heterocycles. The van der Waals surface area contributed by atoms with Gasteiger partial charge in [0.05, 0.1) is 0 Å². The molecule has 2 aliphatic rings. The van der Waals surface area contributed by atoms with E-state index in [1.165, 1.54) is 34.1 Å². The van der Waals surface area contributed by atoms with Crippen molar-refractivity contribution in [3.63, 3.8) is 0 Å². The van der Waals surface area contributed by atoms with Crippen LogP contribution in [0.2, 0.25) is 0 Å². The number of aromatic nitrogens is 2. The molecule has 0 fully saturated rings. The number of amides is 1. The molecule has 144 valence electrons. The van der Waals surface area contributed by atoms with Gasteiger partial charge < -0.3 is 0 Å². The lowest BCUT2D eigenvalue weighted by atomic mass is 9.77. The molecule has 0 N–H and O–H groups in total. The quantitative estimate of drug-likeness (QED) is 0.409. The fraction of sp³-hybridized carbons (Fsp3) is 0.300. The number of carbonyl (C=O) groups is 2. The molecule has 1 amide bonds. The maximum atomic E-state index is 14.4. The summed E-state index contributed by atoms with van der Waals surface area (Å²) in [6, 6.07) is 6.37. The Hall–Kier alpha value is -2.32. The van der Waals surface area contributed by atoms with Crippen molar-refractivity contribution in [1.29, 1.82) is 0 Å². The number of anilines is 1. The number of ketones is 1. The molecule has 4 rings (SSSR count). The number of Topliss-reactive ketones (excluding diaryl/α,β-unsaturated/α-hetero) is 1. The van der Waals surface area contributed by atoms with Crippen molar-refractivity contribution >= 4 is 39.9 Å². The Morgan fingerprint density at radius 2 is 2.11 bits per heavy atom. The molecule has 2 aromatic rings. The van der Waals surface area contributed by atoms with E-state index in [4.69, 9.17) is 0 Å². The molecule has 8 heteroatoms. The zero-order valence-electron chi connectivity index (χ0n) is 15.1. The average Bonchev–Trinajstić information content (AvgIpc) is 3.14. The molecule has 0 saturated heterocycles. The van der Waals surface area contributed by atoms with E-state index < -0.39 is 11.7 Å². The third-order valence-electron chi connectivity index (χ3n) is 4.87. The number of carbonyl (C=O) groups excluding carboxylic acids is 2. The molecular weight excluding hydrogens is 397 g/mol. The summed E-state index contributed by atoms with van der Waals surface area (Å²) in [4.78, 5) is 27.4. The number of hydrogen-bond acceptors (Lipinski definition) is 6. The van der Waals surface area contributed by atoms with Gasteiger partial charge in [0.15, 0.2) is 10.1 Å². The van der Waals surface area contributed by atoms with E-state index in [0.29, 0.717) is 47.0 Å². The van der Waals surface area contributed by atoms with Crippen LogP contribution in [-0.4, -0.2) is 27.6 Å². The molecule has 1 atom stereocenters. The second-order valence-electron chi connectivity index (χ2n) is 6.59. The minimum Gasteiger partial charge on any atom is -0.294 e. The Balaban J connectivity index is 1.78. The number of allylic oxidation sites excluding steroid dienone is 2. The van der Waals surface area contributed by atoms with Crippen LogP contribution in [0.4, 0.5) is 9.52 Å². The highest BCUT2D eigenvalue weighted by molar-refractivity contribution is 8.01. The molecule has 0 unspecified atom stereocenters. The highest BCUT2D eigenvalue weighted by atomic mass is 32.2. The average molecular weight is 416 g/mol. The predicted octanol–water partition coefficient (Wildman–Crippen LogP) is 4.48. The van der Waals surface area contributed by atoms with E-state index in [1.54, 1.807) is 24.3 Å². The van der Waals surface area contributed by atoms with Crippen molar-refractivity contribution in [2.75, 3.05) is 10.7 Å². The Morgan fingerprint density at radius 1 is 1.29 bits per heavy atom. The molecular formula is C20H18FN3O2S2. The van der Waals surface area contributed by atoms with Crippen LogP contribution in [0.3, 0.4) is 0 Å². The van der Waals surface area contributed by atoms with E-state index in [0.717, 1.165) is 4.34 Å². The van der Waals surface area contributed by atoms with Crippen molar-refractivity contribution in [1.82, 2.24) is 10.2 Å². The third-order valence-corrected chi connectivity index (χ3v) is 6.91. The maximum Gasteiger partial charge on any atom is 0.234 e. The highest BCUT2D eigenvalue weighted by Gasteiger charge is 2.41. The molecule has 2 heterocycles. The fourth-order valence-corrected chi connectivity index (χ4v) is 5.36. The zero-order chi connectivity index (χ0) is 19.7. The number of benzene rings is 1. The zero-order valence-corrected chi connectivity index (χ0v) is 16.7. The van der Waals surface area contributed by atoms with Gasteiger partial charge in [-0.3, -0.25) is 14.5 Å². The molecule has 1 aromatic carbocycles. The van der Waals surface area contributed by atoms with Gasteiger partial charge in [-0.1, -0.05) is 47.4 Å². The molecule has 1 aliphatic carbocycles. The van der Waals surface area contributed by atoms with Gasteiger partial charge in [-0.15, -0.1) is 16.8 Å². The van der Waals surface area contributed by atoms with Gasteiger partial charge in [-0.2, -0.15) is 0 Å². The fourth-order valence-electron chi connectivity index (χ4n) is 3.72. The summed E-state index contributed by atoms with van der Waals surface area (Å²) in [5.74, 6) is -0.436. The Kier molecular flexibility index (Phi) is 5.41. The molecule has 0 bridgehead atoms. The lowest BCUT2D eigenvalue weighted by Gasteiger charge is -2.36. The SMILES string of the molecule is C=CCSc1nnc(N2C(=O)C[C@H](c3ccccc3F)C3=C2CCCC3=O)s1. The molecule has 0 spiro atoms. The number of hydrogen-bond donors (Lipinski definition) is 0. The van der Waals surface area contributed by atoms with E-state index >= 15 is 0 Å². The Bertz CT molecular complexity index is 985. The van der Waals surface area contributed by atoms with Crippen LogP contribution in [0.15, 0.2) is 52.5 Å². The number of nitrogens with zero attached hydrogens (tertiary/aromatic N) is 3. The first-order valence-corrected chi connectivity index (χ1v) is 10.8. The van der Waals surface area contributed by atoms with Crippen LogP contribution in [-0.2, 0) is 9.59 Å². The van der Waals surface area contributed by atoms with Crippen LogP contribution in [0.1, 0.15) is 37.2 Å². The lowest BCUT2D eigenvalue weighted by molar-refractivity contribution is -0.119. The molecule has 28 heavy (non-hydrogen) atoms. The monoisotopic (exact) mass is 415 g/mol. The first-order chi connectivity index (χ1) is 13.6. The van der Waals surface area contributed by atoms with Gasteiger partial charge in [-0.25, -0.2) is 4.39 Å². The van der Waals surface area contributed by atoms with Crippen molar-refractivity contribution in [3.05, 3.63) is 59.6 Å². The van der Waals surface area contributed by atoms with Gasteiger partial charge >= 0.3 is 0 Å². The van der Waals surface area contributed by atoms with Gasteiger partial charge in [0.1, 0.15) is 5.82 Å². The second kappa shape index (κ2) is 7.97. The summed E-state index contributed by atoms with van der Waals surface area (Å²) in [5.41, 5.74) is 1.60. The van der Waals surface area contributed by atoms with Crippen LogP contribution >= 0.6 is 23.1 Å². The number of thioether (sulfide) groups is 1. The molecule has 1 aliphatic heterocycles. The third kappa shape index (κ3) is 3.42. The van der Waals surface area contributed by atoms with Crippen molar-refractivity contribution in [2.45, 2.75) is 35.9 Å². The highest BCUT2D eigenvalue weighted by Crippen LogP contribution is 2.44. The standard InChI is InChI=1S/C20H18FN3O2S2/c1-2-10-27-20-23-22-19(28-20)24-15-8-5-9-16(25)18(15)13(11-17(24)26)12-6-3-4-7-14(12)21/h2-4,6-7,13H,1,5,8-11H2/t13-/m1/s1. The topological polar surface area (TPSA) is 63.2 Å². The lowest BCUT2D eigenvalue weighted by Crippen LogP contribution is -2.40. The van der Waals surface area contributed by atoms with Crippen LogP contribution in [0.25, 0.3) is 0 Å². The van der Waals surface area contributed by atoms with Crippen LogP contribution in [0.5, 0.6) is 0 Å². The summed E-state index contributed by atoms with van der Waals surface area (Å²) >= 11 is 2.81. The van der Waals surface area contributed by atoms with Crippen LogP contribution in [0, 0.1) is 5.82 Å². The first kappa shape index (κ1) is 19.0. The summed E-state index contributed by atoms with van der Waals surface area (Å²) in [5, 5.41) is 8.77. The second-order valence-corrected chi connectivity index (χ2v) is 8.82. The van der Waals surface area contributed by atoms with Gasteiger partial charge in [0.2, 0.25) is 11.0 Å². The Morgan fingerprint density at radius 3 is 2.89 bits per heavy atom. The minimum atomic E-state index is -0.546. The summed E-state index contributed by atoms with van der Waals surface area (Å²) in [7, 11) is 0. The van der Waals surface area contributed by atoms with Gasteiger partial charge in [-0.05, 0) is 24.5 Å². The van der Waals surface area contributed by atoms with Crippen molar-refractivity contribution in [3.8, 4) is 0 Å². The van der Waals surface area contributed by atoms with Crippen molar-refractivity contribution in [2.24, 2.45) is 0 Å². The van der Waals surface area contributed by atoms with E-state index in [1.807, 2.05) is 0 Å². The largest absolute Gasteiger partial charge is 0.294 e. The van der Waals surface area contributed by atoms with Crippen molar-refractivity contribution < 1.29 is 14.0 Å². The smallest absolute Gasteiger partial charge is 0.234 e. The molecule has 0 radical (unpaired) electrons. The normalized spacial score (nSPS) is 19.8. The molecule has 5 nitrogen and oxygen atoms in total. The summed E-state index contributed by atoms with van der Waals surface area (Å²) in [6.45, 7) is 3.69. The molecule has 0 saturated carbocycles. The van der Waals surface area contributed by atoms with E-state index in [-0.39, 0.29) is 18.1 Å². The van der Waals surface area contributed by atoms with Gasteiger partial charge in [0.25, 0.3) is 0 Å². The number of halogens is 1. The van der Waals surface area contributed by atoms with E-state index in [9.17, 15) is 14.0 Å². The maximum absolute atomic E-state index is 14.4. The summed E-state index contributed by atoms with van der Waals surface area (Å²) < 4.78 is 15.2. The summed E-state index contributed by atoms with van der Waals surface area (Å²) in [6.07, 6.45) is 3.49.